The predicted molar refractivity (Wildman–Crippen MR) is 114 cm³/mol. The van der Waals surface area contributed by atoms with Crippen molar-refractivity contribution in [2.24, 2.45) is 0 Å². The third kappa shape index (κ3) is 5.24. The molecule has 1 amide bonds. The average Bonchev–Trinajstić information content (AvgIpc) is 2.75. The van der Waals surface area contributed by atoms with E-state index in [1.807, 2.05) is 0 Å². The van der Waals surface area contributed by atoms with Crippen LogP contribution in [0.1, 0.15) is 27.6 Å². The lowest BCUT2D eigenvalue weighted by molar-refractivity contribution is 0.0526. The van der Waals surface area contributed by atoms with Crippen LogP contribution in [0.3, 0.4) is 0 Å². The van der Waals surface area contributed by atoms with E-state index in [1.54, 1.807) is 67.6 Å². The molecule has 0 saturated heterocycles. The topological polar surface area (TPSA) is 102 Å². The molecule has 0 aliphatic rings. The lowest BCUT2D eigenvalue weighted by atomic mass is 10.1. The third-order valence-corrected chi connectivity index (χ3v) is 5.48. The first kappa shape index (κ1) is 21.1. The number of esters is 1. The molecular weight excluding hydrogens is 404 g/mol. The number of amides is 1. The Morgan fingerprint density at radius 1 is 0.833 bits per heavy atom. The molecule has 3 aromatic rings. The minimum Gasteiger partial charge on any atom is -0.462 e. The van der Waals surface area contributed by atoms with Gasteiger partial charge < -0.3 is 10.1 Å². The predicted octanol–water partition coefficient (Wildman–Crippen LogP) is 3.92. The third-order valence-electron chi connectivity index (χ3n) is 4.08. The van der Waals surface area contributed by atoms with Gasteiger partial charge in [0.05, 0.1) is 17.1 Å². The minimum atomic E-state index is -3.76. The van der Waals surface area contributed by atoms with Crippen molar-refractivity contribution in [3.8, 4) is 0 Å². The van der Waals surface area contributed by atoms with Crippen molar-refractivity contribution in [1.82, 2.24) is 0 Å². The van der Waals surface area contributed by atoms with Gasteiger partial charge in [0.1, 0.15) is 0 Å². The van der Waals surface area contributed by atoms with E-state index in [0.717, 1.165) is 0 Å². The van der Waals surface area contributed by atoms with Gasteiger partial charge in [-0.15, -0.1) is 0 Å². The van der Waals surface area contributed by atoms with Crippen LogP contribution in [-0.4, -0.2) is 26.9 Å². The fraction of sp³-hybridized carbons (Fsp3) is 0.0909. The Morgan fingerprint density at radius 2 is 1.53 bits per heavy atom. The van der Waals surface area contributed by atoms with E-state index in [9.17, 15) is 18.0 Å². The number of ether oxygens (including phenoxy) is 1. The summed E-state index contributed by atoms with van der Waals surface area (Å²) in [6, 6.07) is 20.4. The lowest BCUT2D eigenvalue weighted by Crippen LogP contribution is -2.15. The van der Waals surface area contributed by atoms with Crippen LogP contribution in [0, 0.1) is 0 Å². The summed E-state index contributed by atoms with van der Waals surface area (Å²) >= 11 is 0. The average molecular weight is 424 g/mol. The summed E-state index contributed by atoms with van der Waals surface area (Å²) < 4.78 is 32.3. The van der Waals surface area contributed by atoms with Crippen LogP contribution in [-0.2, 0) is 14.8 Å². The van der Waals surface area contributed by atoms with Crippen LogP contribution in [0.25, 0.3) is 0 Å². The molecule has 154 valence electrons. The van der Waals surface area contributed by atoms with Crippen LogP contribution in [0.4, 0.5) is 11.4 Å². The van der Waals surface area contributed by atoms with Crippen molar-refractivity contribution in [3.63, 3.8) is 0 Å². The molecule has 0 heterocycles. The number of hydrogen-bond acceptors (Lipinski definition) is 5. The maximum absolute atomic E-state index is 12.5. The highest BCUT2D eigenvalue weighted by Crippen LogP contribution is 2.18. The zero-order valence-corrected chi connectivity index (χ0v) is 17.0. The zero-order valence-electron chi connectivity index (χ0n) is 16.2. The highest BCUT2D eigenvalue weighted by Gasteiger charge is 2.15. The number of anilines is 2. The van der Waals surface area contributed by atoms with Crippen molar-refractivity contribution in [2.75, 3.05) is 16.6 Å². The Morgan fingerprint density at radius 3 is 2.20 bits per heavy atom. The maximum atomic E-state index is 12.5. The number of carbonyl (C=O) groups excluding carboxylic acids is 2. The molecule has 8 heteroatoms. The summed E-state index contributed by atoms with van der Waals surface area (Å²) in [5.41, 5.74) is 1.41. The number of sulfonamides is 1. The summed E-state index contributed by atoms with van der Waals surface area (Å²) in [7, 11) is -3.76. The van der Waals surface area contributed by atoms with Crippen LogP contribution in [0.15, 0.2) is 83.8 Å². The summed E-state index contributed by atoms with van der Waals surface area (Å²) in [6.07, 6.45) is 0. The first-order chi connectivity index (χ1) is 14.4. The molecule has 3 rings (SSSR count). The number of hydrogen-bond donors (Lipinski definition) is 2. The number of nitrogens with one attached hydrogen (secondary N) is 2. The van der Waals surface area contributed by atoms with Crippen molar-refractivity contribution in [1.29, 1.82) is 0 Å². The number of benzene rings is 3. The van der Waals surface area contributed by atoms with Gasteiger partial charge in [0.15, 0.2) is 0 Å². The number of rotatable bonds is 7. The van der Waals surface area contributed by atoms with Gasteiger partial charge in [0.25, 0.3) is 15.9 Å². The minimum absolute atomic E-state index is 0.126. The molecule has 0 atom stereocenters. The molecule has 0 unspecified atom stereocenters. The van der Waals surface area contributed by atoms with Crippen LogP contribution >= 0.6 is 0 Å². The smallest absolute Gasteiger partial charge is 0.338 e. The summed E-state index contributed by atoms with van der Waals surface area (Å²) in [6.45, 7) is 2.00. The first-order valence-corrected chi connectivity index (χ1v) is 10.6. The second-order valence-electron chi connectivity index (χ2n) is 6.25. The van der Waals surface area contributed by atoms with Gasteiger partial charge >= 0.3 is 5.97 Å². The molecule has 0 aliphatic heterocycles. The van der Waals surface area contributed by atoms with E-state index in [4.69, 9.17) is 4.74 Å². The Kier molecular flexibility index (Phi) is 6.48. The Hall–Kier alpha value is -3.65. The molecule has 0 radical (unpaired) electrons. The standard InChI is InChI=1S/C22H20N2O5S/c1-2-29-22(26)16-11-13-18(14-12-16)23-21(25)17-7-6-8-19(15-17)24-30(27,28)20-9-4-3-5-10-20/h3-15,24H,2H2,1H3,(H,23,25). The van der Waals surface area contributed by atoms with E-state index < -0.39 is 21.9 Å². The fourth-order valence-corrected chi connectivity index (χ4v) is 3.72. The molecular formula is C22H20N2O5S. The van der Waals surface area contributed by atoms with Crippen molar-refractivity contribution >= 4 is 33.3 Å². The Bertz CT molecular complexity index is 1140. The Balaban J connectivity index is 1.71. The molecule has 0 aliphatic carbocycles. The van der Waals surface area contributed by atoms with Crippen molar-refractivity contribution in [2.45, 2.75) is 11.8 Å². The van der Waals surface area contributed by atoms with E-state index in [0.29, 0.717) is 11.3 Å². The summed E-state index contributed by atoms with van der Waals surface area (Å²) in [4.78, 5) is 24.4. The molecule has 7 nitrogen and oxygen atoms in total. The lowest BCUT2D eigenvalue weighted by Gasteiger charge is -2.10. The normalized spacial score (nSPS) is 10.8. The van der Waals surface area contributed by atoms with Gasteiger partial charge in [0, 0.05) is 16.9 Å². The van der Waals surface area contributed by atoms with E-state index in [-0.39, 0.29) is 22.8 Å². The van der Waals surface area contributed by atoms with Crippen molar-refractivity contribution < 1.29 is 22.7 Å². The van der Waals surface area contributed by atoms with Gasteiger partial charge in [-0.3, -0.25) is 9.52 Å². The Labute approximate surface area is 174 Å². The van der Waals surface area contributed by atoms with Crippen LogP contribution < -0.4 is 10.0 Å². The van der Waals surface area contributed by atoms with E-state index >= 15 is 0 Å². The van der Waals surface area contributed by atoms with Gasteiger partial charge in [-0.1, -0.05) is 24.3 Å². The van der Waals surface area contributed by atoms with Gasteiger partial charge in [0.2, 0.25) is 0 Å². The molecule has 2 N–H and O–H groups in total. The highest BCUT2D eigenvalue weighted by atomic mass is 32.2. The van der Waals surface area contributed by atoms with E-state index in [2.05, 4.69) is 10.0 Å². The van der Waals surface area contributed by atoms with Crippen molar-refractivity contribution in [3.05, 3.63) is 90.0 Å². The second kappa shape index (κ2) is 9.23. The highest BCUT2D eigenvalue weighted by molar-refractivity contribution is 7.92. The number of carbonyl (C=O) groups is 2. The zero-order chi connectivity index (χ0) is 21.6. The molecule has 0 spiro atoms. The van der Waals surface area contributed by atoms with Crippen LogP contribution in [0.5, 0.6) is 0 Å². The summed E-state index contributed by atoms with van der Waals surface area (Å²) in [5.74, 6) is -0.853. The molecule has 0 bridgehead atoms. The van der Waals surface area contributed by atoms with Gasteiger partial charge in [-0.25, -0.2) is 13.2 Å². The van der Waals surface area contributed by atoms with Gasteiger partial charge in [-0.2, -0.15) is 0 Å². The monoisotopic (exact) mass is 424 g/mol. The molecule has 0 fully saturated rings. The SMILES string of the molecule is CCOC(=O)c1ccc(NC(=O)c2cccc(NS(=O)(=O)c3ccccc3)c2)cc1. The van der Waals surface area contributed by atoms with Gasteiger partial charge in [-0.05, 0) is 61.5 Å². The molecule has 0 saturated carbocycles. The largest absolute Gasteiger partial charge is 0.462 e. The molecule has 3 aromatic carbocycles. The molecule has 30 heavy (non-hydrogen) atoms. The second-order valence-corrected chi connectivity index (χ2v) is 7.93. The maximum Gasteiger partial charge on any atom is 0.338 e. The van der Waals surface area contributed by atoms with E-state index in [1.165, 1.54) is 18.2 Å². The summed E-state index contributed by atoms with van der Waals surface area (Å²) in [5, 5.41) is 2.71. The fourth-order valence-electron chi connectivity index (χ4n) is 2.64. The molecule has 0 aromatic heterocycles. The quantitative estimate of drug-likeness (QED) is 0.560. The first-order valence-electron chi connectivity index (χ1n) is 9.15. The van der Waals surface area contributed by atoms with Crippen LogP contribution in [0.2, 0.25) is 0 Å².